The van der Waals surface area contributed by atoms with Crippen LogP contribution in [0.2, 0.25) is 0 Å². The maximum Gasteiger partial charge on any atom is 0.348 e. The number of hydrogen-bond acceptors (Lipinski definition) is 4. The molecule has 0 amide bonds. The Morgan fingerprint density at radius 2 is 2.38 bits per heavy atom. The van der Waals surface area contributed by atoms with Gasteiger partial charge in [0.25, 0.3) is 0 Å². The zero-order valence-electron chi connectivity index (χ0n) is 7.50. The zero-order valence-corrected chi connectivity index (χ0v) is 7.50. The first-order valence-electron chi connectivity index (χ1n) is 3.89. The third kappa shape index (κ3) is 1.96. The van der Waals surface area contributed by atoms with Crippen molar-refractivity contribution >= 4 is 11.9 Å². The summed E-state index contributed by atoms with van der Waals surface area (Å²) in [7, 11) is 0. The van der Waals surface area contributed by atoms with Crippen LogP contribution in [0.15, 0.2) is 0 Å². The van der Waals surface area contributed by atoms with E-state index in [1.807, 2.05) is 0 Å². The molecule has 1 aliphatic heterocycles. The summed E-state index contributed by atoms with van der Waals surface area (Å²) in [6.45, 7) is 2.40. The fourth-order valence-electron chi connectivity index (χ4n) is 1.10. The summed E-state index contributed by atoms with van der Waals surface area (Å²) in [5.41, 5.74) is -0.568. The molecule has 0 bridgehead atoms. The van der Waals surface area contributed by atoms with Gasteiger partial charge in [0.15, 0.2) is 6.67 Å². The van der Waals surface area contributed by atoms with Crippen LogP contribution in [-0.2, 0) is 19.1 Å². The molecule has 4 nitrogen and oxygen atoms in total. The summed E-state index contributed by atoms with van der Waals surface area (Å²) in [6, 6.07) is 0. The fourth-order valence-corrected chi connectivity index (χ4v) is 1.10. The quantitative estimate of drug-likeness (QED) is 0.593. The van der Waals surface area contributed by atoms with Crippen molar-refractivity contribution in [3.8, 4) is 0 Å². The highest BCUT2D eigenvalue weighted by atomic mass is 19.1. The maximum atomic E-state index is 11.8. The summed E-state index contributed by atoms with van der Waals surface area (Å²) in [5.74, 6) is -1.64. The Balaban J connectivity index is 2.66. The Morgan fingerprint density at radius 3 is 2.77 bits per heavy atom. The summed E-state index contributed by atoms with van der Waals surface area (Å²) < 4.78 is 21.1. The molecule has 0 unspecified atom stereocenters. The molecule has 1 fully saturated rings. The van der Waals surface area contributed by atoms with Gasteiger partial charge in [-0.3, -0.25) is 0 Å². The molecule has 0 aromatic heterocycles. The number of ether oxygens (including phenoxy) is 2. The first-order chi connectivity index (χ1) is 5.97. The van der Waals surface area contributed by atoms with Crippen molar-refractivity contribution in [3.63, 3.8) is 0 Å². The minimum Gasteiger partial charge on any atom is -0.462 e. The lowest BCUT2D eigenvalue weighted by Gasteiger charge is -2.20. The number of carbonyl (C=O) groups excluding carboxylic acids is 2. The number of halogens is 1. The van der Waals surface area contributed by atoms with E-state index in [0.717, 1.165) is 0 Å². The van der Waals surface area contributed by atoms with Gasteiger partial charge in [0, 0.05) is 5.41 Å². The maximum absolute atomic E-state index is 11.8. The van der Waals surface area contributed by atoms with Crippen LogP contribution >= 0.6 is 0 Å². The molecule has 1 saturated heterocycles. The monoisotopic (exact) mass is 190 g/mol. The molecule has 0 saturated carbocycles. The van der Waals surface area contributed by atoms with Crippen LogP contribution in [-0.4, -0.2) is 31.3 Å². The van der Waals surface area contributed by atoms with Crippen molar-refractivity contribution in [1.82, 2.24) is 0 Å². The lowest BCUT2D eigenvalue weighted by atomic mass is 9.90. The van der Waals surface area contributed by atoms with Crippen molar-refractivity contribution in [3.05, 3.63) is 0 Å². The van der Waals surface area contributed by atoms with Gasteiger partial charge in [0.1, 0.15) is 6.61 Å². The average Bonchev–Trinajstić information content (AvgIpc) is 2.31. The van der Waals surface area contributed by atoms with E-state index in [1.165, 1.54) is 0 Å². The molecule has 0 spiro atoms. The second kappa shape index (κ2) is 3.32. The van der Waals surface area contributed by atoms with Gasteiger partial charge in [-0.1, -0.05) is 13.8 Å². The Labute approximate surface area is 75.0 Å². The number of cyclic esters (lactones) is 1. The molecule has 5 heteroatoms. The van der Waals surface area contributed by atoms with Crippen LogP contribution in [0.25, 0.3) is 0 Å². The molecule has 1 heterocycles. The highest BCUT2D eigenvalue weighted by molar-refractivity contribution is 5.82. The van der Waals surface area contributed by atoms with E-state index < -0.39 is 30.1 Å². The average molecular weight is 190 g/mol. The zero-order chi connectivity index (χ0) is 10.1. The van der Waals surface area contributed by atoms with Crippen LogP contribution in [0.1, 0.15) is 13.8 Å². The van der Waals surface area contributed by atoms with Crippen LogP contribution in [0.5, 0.6) is 0 Å². The second-order valence-electron chi connectivity index (χ2n) is 3.60. The van der Waals surface area contributed by atoms with Crippen molar-refractivity contribution in [1.29, 1.82) is 0 Å². The highest BCUT2D eigenvalue weighted by Gasteiger charge is 2.46. The minimum absolute atomic E-state index is 0.191. The normalized spacial score (nSPS) is 25.5. The number of rotatable bonds is 2. The summed E-state index contributed by atoms with van der Waals surface area (Å²) in [6.07, 6.45) is -0.976. The van der Waals surface area contributed by atoms with Gasteiger partial charge in [-0.2, -0.15) is 0 Å². The smallest absolute Gasteiger partial charge is 0.348 e. The van der Waals surface area contributed by atoms with Gasteiger partial charge >= 0.3 is 11.9 Å². The van der Waals surface area contributed by atoms with Gasteiger partial charge < -0.3 is 9.47 Å². The molecule has 0 N–H and O–H groups in total. The summed E-state index contributed by atoms with van der Waals surface area (Å²) in [4.78, 5) is 21.6. The van der Waals surface area contributed by atoms with Crippen molar-refractivity contribution < 1.29 is 23.5 Å². The molecular formula is C8H11FO4. The number of esters is 2. The Bertz CT molecular complexity index is 236. The molecule has 1 aliphatic rings. The summed E-state index contributed by atoms with van der Waals surface area (Å²) in [5, 5.41) is 0. The molecule has 0 aromatic rings. The number of hydrogen-bond donors (Lipinski definition) is 0. The van der Waals surface area contributed by atoms with E-state index in [9.17, 15) is 14.0 Å². The van der Waals surface area contributed by atoms with E-state index in [1.54, 1.807) is 13.8 Å². The Kier molecular flexibility index (Phi) is 2.54. The Morgan fingerprint density at radius 1 is 1.77 bits per heavy atom. The molecule has 13 heavy (non-hydrogen) atoms. The van der Waals surface area contributed by atoms with Crippen LogP contribution < -0.4 is 0 Å². The standard InChI is InChI=1S/C8H11FO4/c1-8(2)4-12-7(11)6(8)13-5(10)3-9/h6H,3-4H2,1-2H3/t6-/m1/s1. The van der Waals surface area contributed by atoms with E-state index >= 15 is 0 Å². The lowest BCUT2D eigenvalue weighted by molar-refractivity contribution is -0.163. The van der Waals surface area contributed by atoms with Gasteiger partial charge in [0.2, 0.25) is 6.10 Å². The van der Waals surface area contributed by atoms with Gasteiger partial charge in [0.05, 0.1) is 0 Å². The predicted molar refractivity (Wildman–Crippen MR) is 40.6 cm³/mol. The topological polar surface area (TPSA) is 52.6 Å². The van der Waals surface area contributed by atoms with Crippen LogP contribution in [0.3, 0.4) is 0 Å². The van der Waals surface area contributed by atoms with Crippen molar-refractivity contribution in [2.45, 2.75) is 20.0 Å². The third-order valence-corrected chi connectivity index (χ3v) is 1.87. The van der Waals surface area contributed by atoms with Crippen molar-refractivity contribution in [2.24, 2.45) is 5.41 Å². The molecule has 1 rings (SSSR count). The van der Waals surface area contributed by atoms with Gasteiger partial charge in [-0.05, 0) is 0 Å². The second-order valence-corrected chi connectivity index (χ2v) is 3.60. The van der Waals surface area contributed by atoms with E-state index in [0.29, 0.717) is 0 Å². The van der Waals surface area contributed by atoms with Crippen molar-refractivity contribution in [2.75, 3.05) is 13.3 Å². The highest BCUT2D eigenvalue weighted by Crippen LogP contribution is 2.30. The molecule has 74 valence electrons. The molecular weight excluding hydrogens is 179 g/mol. The number of alkyl halides is 1. The van der Waals surface area contributed by atoms with E-state index in [4.69, 9.17) is 0 Å². The van der Waals surface area contributed by atoms with Crippen LogP contribution in [0.4, 0.5) is 4.39 Å². The molecule has 0 aromatic carbocycles. The van der Waals surface area contributed by atoms with E-state index in [2.05, 4.69) is 9.47 Å². The predicted octanol–water partition coefficient (Wildman–Crippen LogP) is 0.451. The lowest BCUT2D eigenvalue weighted by Crippen LogP contribution is -2.35. The van der Waals surface area contributed by atoms with Gasteiger partial charge in [-0.25, -0.2) is 14.0 Å². The number of carbonyl (C=O) groups is 2. The summed E-state index contributed by atoms with van der Waals surface area (Å²) >= 11 is 0. The largest absolute Gasteiger partial charge is 0.462 e. The SMILES string of the molecule is CC1(C)COC(=O)[C@H]1OC(=O)CF. The third-order valence-electron chi connectivity index (χ3n) is 1.87. The fraction of sp³-hybridized carbons (Fsp3) is 0.750. The van der Waals surface area contributed by atoms with E-state index in [-0.39, 0.29) is 6.61 Å². The first-order valence-corrected chi connectivity index (χ1v) is 3.89. The molecule has 0 radical (unpaired) electrons. The molecule has 0 aliphatic carbocycles. The van der Waals surface area contributed by atoms with Gasteiger partial charge in [-0.15, -0.1) is 0 Å². The Hall–Kier alpha value is -1.13. The first kappa shape index (κ1) is 9.95. The molecule has 1 atom stereocenters. The minimum atomic E-state index is -1.22. The van der Waals surface area contributed by atoms with Crippen LogP contribution in [0, 0.1) is 5.41 Å².